The largest absolute Gasteiger partial charge is 0.396 e. The van der Waals surface area contributed by atoms with Crippen LogP contribution in [0.5, 0.6) is 0 Å². The third kappa shape index (κ3) is 5.44. The maximum absolute atomic E-state index is 14.2. The predicted molar refractivity (Wildman–Crippen MR) is 149 cm³/mol. The molecule has 3 aliphatic heterocycles. The van der Waals surface area contributed by atoms with Crippen LogP contribution in [-0.2, 0) is 14.4 Å². The van der Waals surface area contributed by atoms with Crippen LogP contribution in [0.4, 0.5) is 0 Å². The highest BCUT2D eigenvalue weighted by molar-refractivity contribution is 9.09. The van der Waals surface area contributed by atoms with Gasteiger partial charge < -0.3 is 19.8 Å². The fraction of sp³-hybridized carbons (Fsp3) is 0.741. The number of amides is 3. The molecule has 3 aliphatic rings. The van der Waals surface area contributed by atoms with E-state index in [4.69, 9.17) is 5.11 Å². The molecule has 1 N–H and O–H groups in total. The fourth-order valence-corrected chi connectivity index (χ4v) is 9.79. The van der Waals surface area contributed by atoms with Crippen molar-refractivity contribution >= 4 is 45.4 Å². The van der Waals surface area contributed by atoms with Crippen LogP contribution >= 0.6 is 27.7 Å². The van der Waals surface area contributed by atoms with Crippen LogP contribution in [0, 0.1) is 11.8 Å². The summed E-state index contributed by atoms with van der Waals surface area (Å²) in [5, 5.41) is 9.08. The first-order chi connectivity index (χ1) is 17.3. The van der Waals surface area contributed by atoms with Crippen LogP contribution in [0.1, 0.15) is 51.9 Å². The summed E-state index contributed by atoms with van der Waals surface area (Å²) in [5.74, 6) is -1.06. The van der Waals surface area contributed by atoms with Gasteiger partial charge in [0, 0.05) is 49.9 Å². The number of aliphatic hydroxyl groups is 1. The highest BCUT2D eigenvalue weighted by Crippen LogP contribution is 2.68. The number of unbranched alkanes of at least 4 members (excludes halogenated alkanes) is 4. The minimum atomic E-state index is -0.612. The summed E-state index contributed by atoms with van der Waals surface area (Å²) in [6.07, 6.45) is 9.29. The zero-order chi connectivity index (χ0) is 26.5. The van der Waals surface area contributed by atoms with Gasteiger partial charge in [-0.15, -0.1) is 24.9 Å². The number of likely N-dealkylation sites (tertiary alicyclic amines) is 1. The summed E-state index contributed by atoms with van der Waals surface area (Å²) >= 11 is 5.52. The summed E-state index contributed by atoms with van der Waals surface area (Å²) in [7, 11) is 1.76. The Bertz CT molecular complexity index is 842. The van der Waals surface area contributed by atoms with Gasteiger partial charge in [0.15, 0.2) is 0 Å². The van der Waals surface area contributed by atoms with Gasteiger partial charge in [-0.3, -0.25) is 14.4 Å². The SMILES string of the molecule is C=CCN(C)C(=O)[C@H]1[C@H]2C(=O)N(CCCCCCO)C(C(=O)N(CC=C)CCCC)C23CC(Br)[C@@H]1S3. The second kappa shape index (κ2) is 13.0. The van der Waals surface area contributed by atoms with E-state index in [1.54, 1.807) is 40.8 Å². The number of rotatable bonds is 15. The number of nitrogens with zero attached hydrogens (tertiary/aromatic N) is 3. The molecule has 3 fully saturated rings. The molecule has 3 unspecified atom stereocenters. The molecule has 0 radical (unpaired) electrons. The van der Waals surface area contributed by atoms with Crippen molar-refractivity contribution in [3.63, 3.8) is 0 Å². The molecule has 0 aromatic carbocycles. The molecule has 3 saturated heterocycles. The Morgan fingerprint density at radius 1 is 1.17 bits per heavy atom. The van der Waals surface area contributed by atoms with Crippen molar-refractivity contribution in [3.05, 3.63) is 25.3 Å². The lowest BCUT2D eigenvalue weighted by Crippen LogP contribution is -2.56. The number of hydrogen-bond acceptors (Lipinski definition) is 5. The molecule has 0 aliphatic carbocycles. The van der Waals surface area contributed by atoms with E-state index < -0.39 is 22.6 Å². The second-order valence-corrected chi connectivity index (χ2v) is 13.0. The average molecular weight is 585 g/mol. The monoisotopic (exact) mass is 583 g/mol. The van der Waals surface area contributed by atoms with Crippen LogP contribution < -0.4 is 0 Å². The highest BCUT2D eigenvalue weighted by atomic mass is 79.9. The van der Waals surface area contributed by atoms with Gasteiger partial charge in [-0.25, -0.2) is 0 Å². The number of thioether (sulfide) groups is 1. The lowest BCUT2D eigenvalue weighted by Gasteiger charge is -2.38. The van der Waals surface area contributed by atoms with Gasteiger partial charge in [0.25, 0.3) is 0 Å². The minimum absolute atomic E-state index is 0.0186. The Morgan fingerprint density at radius 2 is 1.86 bits per heavy atom. The van der Waals surface area contributed by atoms with E-state index in [1.807, 2.05) is 4.90 Å². The number of hydrogen-bond donors (Lipinski definition) is 1. The van der Waals surface area contributed by atoms with Crippen molar-refractivity contribution in [1.29, 1.82) is 0 Å². The van der Waals surface area contributed by atoms with Crippen molar-refractivity contribution < 1.29 is 19.5 Å². The molecule has 3 rings (SSSR count). The molecular weight excluding hydrogens is 542 g/mol. The smallest absolute Gasteiger partial charge is 0.247 e. The van der Waals surface area contributed by atoms with Crippen molar-refractivity contribution in [2.24, 2.45) is 11.8 Å². The number of carbonyl (C=O) groups excluding carboxylic acids is 3. The summed E-state index contributed by atoms with van der Waals surface area (Å²) in [6.45, 7) is 11.9. The number of aliphatic hydroxyl groups excluding tert-OH is 1. The molecule has 1 spiro atoms. The third-order valence-corrected chi connectivity index (χ3v) is 11.1. The summed E-state index contributed by atoms with van der Waals surface area (Å²) in [4.78, 5) is 47.2. The Hall–Kier alpha value is -1.32. The second-order valence-electron chi connectivity index (χ2n) is 10.3. The lowest BCUT2D eigenvalue weighted by atomic mass is 9.70. The van der Waals surface area contributed by atoms with Crippen molar-refractivity contribution in [2.45, 2.75) is 72.7 Å². The van der Waals surface area contributed by atoms with Gasteiger partial charge in [0.2, 0.25) is 17.7 Å². The van der Waals surface area contributed by atoms with E-state index in [-0.39, 0.29) is 34.4 Å². The maximum Gasteiger partial charge on any atom is 0.247 e. The summed E-state index contributed by atoms with van der Waals surface area (Å²) in [6, 6.07) is -0.581. The van der Waals surface area contributed by atoms with E-state index >= 15 is 0 Å². The molecule has 202 valence electrons. The molecule has 36 heavy (non-hydrogen) atoms. The van der Waals surface area contributed by atoms with E-state index in [1.165, 1.54) is 0 Å². The van der Waals surface area contributed by atoms with E-state index in [9.17, 15) is 14.4 Å². The Labute approximate surface area is 228 Å². The zero-order valence-electron chi connectivity index (χ0n) is 21.7. The quantitative estimate of drug-likeness (QED) is 0.181. The number of fused-ring (bicyclic) bond motifs is 1. The predicted octanol–water partition coefficient (Wildman–Crippen LogP) is 3.46. The first kappa shape index (κ1) is 29.2. The Morgan fingerprint density at radius 3 is 2.50 bits per heavy atom. The average Bonchev–Trinajstić information content (AvgIpc) is 3.44. The van der Waals surface area contributed by atoms with Gasteiger partial charge in [0.1, 0.15) is 6.04 Å². The van der Waals surface area contributed by atoms with E-state index in [0.29, 0.717) is 32.6 Å². The first-order valence-corrected chi connectivity index (χ1v) is 15.1. The minimum Gasteiger partial charge on any atom is -0.396 e. The maximum atomic E-state index is 14.2. The molecule has 9 heteroatoms. The molecule has 3 heterocycles. The van der Waals surface area contributed by atoms with Gasteiger partial charge in [-0.2, -0.15) is 0 Å². The summed E-state index contributed by atoms with van der Waals surface area (Å²) in [5.41, 5.74) is 0. The summed E-state index contributed by atoms with van der Waals surface area (Å²) < 4.78 is -0.612. The third-order valence-electron chi connectivity index (χ3n) is 7.84. The van der Waals surface area contributed by atoms with Crippen LogP contribution in [0.2, 0.25) is 0 Å². The standard InChI is InChI=1S/C27H42BrN3O4S/c1-5-8-15-30(14-7-3)26(35)23-27-18-19(28)22(36-27)20(24(33)29(4)13-6-2)21(27)25(34)31(23)16-11-9-10-12-17-32/h6-7,19-23,32H,2-3,5,8-18H2,1,4H3/t19?,20-,21-,22-,23?,27?/m0/s1. The number of halogens is 1. The molecule has 0 aromatic heterocycles. The zero-order valence-corrected chi connectivity index (χ0v) is 24.1. The molecule has 0 aromatic rings. The molecule has 3 amide bonds. The van der Waals surface area contributed by atoms with Crippen LogP contribution in [0.15, 0.2) is 25.3 Å². The van der Waals surface area contributed by atoms with Gasteiger partial charge in [-0.1, -0.05) is 54.3 Å². The van der Waals surface area contributed by atoms with Crippen molar-refractivity contribution in [3.8, 4) is 0 Å². The number of likely N-dealkylation sites (N-methyl/N-ethyl adjacent to an activating group) is 1. The van der Waals surface area contributed by atoms with Crippen LogP contribution in [0.25, 0.3) is 0 Å². The van der Waals surface area contributed by atoms with E-state index in [0.717, 1.165) is 38.5 Å². The van der Waals surface area contributed by atoms with Gasteiger partial charge >= 0.3 is 0 Å². The van der Waals surface area contributed by atoms with Crippen molar-refractivity contribution in [2.75, 3.05) is 39.8 Å². The molecule has 2 bridgehead atoms. The van der Waals surface area contributed by atoms with Crippen LogP contribution in [-0.4, -0.2) is 98.2 Å². The highest BCUT2D eigenvalue weighted by Gasteiger charge is 2.75. The number of carbonyl (C=O) groups is 3. The lowest BCUT2D eigenvalue weighted by molar-refractivity contribution is -0.144. The van der Waals surface area contributed by atoms with Crippen LogP contribution in [0.3, 0.4) is 0 Å². The Balaban J connectivity index is 1.97. The fourth-order valence-electron chi connectivity index (χ4n) is 6.19. The van der Waals surface area contributed by atoms with Gasteiger partial charge in [0.05, 0.1) is 16.6 Å². The normalized spacial score (nSPS) is 30.4. The molecular formula is C27H42BrN3O4S. The molecule has 7 nitrogen and oxygen atoms in total. The Kier molecular flexibility index (Phi) is 10.5. The van der Waals surface area contributed by atoms with Crippen molar-refractivity contribution in [1.82, 2.24) is 14.7 Å². The van der Waals surface area contributed by atoms with E-state index in [2.05, 4.69) is 36.0 Å². The number of alkyl halides is 1. The molecule has 0 saturated carbocycles. The topological polar surface area (TPSA) is 81.2 Å². The first-order valence-electron chi connectivity index (χ1n) is 13.3. The molecule has 6 atom stereocenters. The van der Waals surface area contributed by atoms with Gasteiger partial charge in [-0.05, 0) is 25.7 Å².